The van der Waals surface area contributed by atoms with Crippen molar-refractivity contribution in [2.45, 2.75) is 38.5 Å². The quantitative estimate of drug-likeness (QED) is 0.696. The van der Waals surface area contributed by atoms with Gasteiger partial charge in [0.25, 0.3) is 0 Å². The van der Waals surface area contributed by atoms with Crippen LogP contribution in [0, 0.1) is 11.7 Å². The third-order valence-corrected chi connectivity index (χ3v) is 6.21. The van der Waals surface area contributed by atoms with Gasteiger partial charge in [-0.25, -0.2) is 4.39 Å². The summed E-state index contributed by atoms with van der Waals surface area (Å²) in [4.78, 5) is 14.7. The molecule has 3 nitrogen and oxygen atoms in total. The van der Waals surface area contributed by atoms with Crippen molar-refractivity contribution in [3.63, 3.8) is 0 Å². The number of amides is 1. The molecule has 2 aromatic rings. The van der Waals surface area contributed by atoms with Gasteiger partial charge in [-0.15, -0.1) is 11.8 Å². The maximum Gasteiger partial charge on any atom is 0.230 e. The van der Waals surface area contributed by atoms with Crippen LogP contribution in [0.4, 0.5) is 10.1 Å². The van der Waals surface area contributed by atoms with Crippen molar-refractivity contribution >= 4 is 23.4 Å². The zero-order valence-corrected chi connectivity index (χ0v) is 17.5. The van der Waals surface area contributed by atoms with Crippen LogP contribution in [0.15, 0.2) is 48.5 Å². The third kappa shape index (κ3) is 5.99. The lowest BCUT2D eigenvalue weighted by Crippen LogP contribution is -2.34. The molecule has 28 heavy (non-hydrogen) atoms. The number of hydrogen-bond acceptors (Lipinski definition) is 3. The Morgan fingerprint density at radius 3 is 2.61 bits per heavy atom. The summed E-state index contributed by atoms with van der Waals surface area (Å²) in [6, 6.07) is 15.0. The average Bonchev–Trinajstić information content (AvgIpc) is 2.69. The van der Waals surface area contributed by atoms with Crippen molar-refractivity contribution in [3.05, 3.63) is 65.5 Å². The summed E-state index contributed by atoms with van der Waals surface area (Å²) >= 11 is 1.54. The van der Waals surface area contributed by atoms with Crippen LogP contribution in [0.2, 0.25) is 0 Å². The number of benzene rings is 2. The second kappa shape index (κ2) is 9.97. The molecule has 1 aliphatic rings. The van der Waals surface area contributed by atoms with Gasteiger partial charge in [-0.2, -0.15) is 0 Å². The minimum absolute atomic E-state index is 0.0201. The highest BCUT2D eigenvalue weighted by molar-refractivity contribution is 7.99. The molecule has 1 amide bonds. The monoisotopic (exact) mass is 400 g/mol. The van der Waals surface area contributed by atoms with E-state index in [1.165, 1.54) is 42.4 Å². The molecule has 0 bridgehead atoms. The molecule has 2 unspecified atom stereocenters. The van der Waals surface area contributed by atoms with Crippen LogP contribution in [-0.4, -0.2) is 24.7 Å². The van der Waals surface area contributed by atoms with Gasteiger partial charge in [0.2, 0.25) is 5.91 Å². The van der Waals surface area contributed by atoms with E-state index in [-0.39, 0.29) is 17.8 Å². The highest BCUT2D eigenvalue weighted by atomic mass is 32.2. The van der Waals surface area contributed by atoms with Crippen LogP contribution >= 0.6 is 11.8 Å². The number of thioether (sulfide) groups is 1. The summed E-state index contributed by atoms with van der Waals surface area (Å²) in [5, 5.41) is 3.06. The second-order valence-electron chi connectivity index (χ2n) is 7.69. The minimum Gasteiger partial charge on any atom is -0.371 e. The molecule has 1 fully saturated rings. The number of rotatable bonds is 7. The predicted molar refractivity (Wildman–Crippen MR) is 116 cm³/mol. The fourth-order valence-corrected chi connectivity index (χ4v) is 4.41. The van der Waals surface area contributed by atoms with Gasteiger partial charge in [0, 0.05) is 24.5 Å². The van der Waals surface area contributed by atoms with Gasteiger partial charge in [0.15, 0.2) is 0 Å². The Labute approximate surface area is 171 Å². The average molecular weight is 401 g/mol. The van der Waals surface area contributed by atoms with Crippen molar-refractivity contribution < 1.29 is 9.18 Å². The number of nitrogens with zero attached hydrogens (tertiary/aromatic N) is 1. The Morgan fingerprint density at radius 1 is 1.21 bits per heavy atom. The van der Waals surface area contributed by atoms with Crippen molar-refractivity contribution in [1.29, 1.82) is 0 Å². The largest absolute Gasteiger partial charge is 0.371 e. The number of nitrogens with one attached hydrogen (secondary N) is 1. The van der Waals surface area contributed by atoms with Gasteiger partial charge < -0.3 is 10.2 Å². The molecule has 3 rings (SSSR count). The van der Waals surface area contributed by atoms with Crippen molar-refractivity contribution in [2.75, 3.05) is 23.7 Å². The zero-order chi connectivity index (χ0) is 19.9. The Hall–Kier alpha value is -2.01. The van der Waals surface area contributed by atoms with Gasteiger partial charge in [-0.05, 0) is 61.1 Å². The number of halogens is 1. The number of carbonyl (C=O) groups excluding carboxylic acids is 1. The summed E-state index contributed by atoms with van der Waals surface area (Å²) in [6.07, 6.45) is 2.57. The first kappa shape index (κ1) is 20.7. The molecule has 1 heterocycles. The van der Waals surface area contributed by atoms with Gasteiger partial charge in [0.05, 0.1) is 11.8 Å². The maximum absolute atomic E-state index is 12.9. The zero-order valence-electron chi connectivity index (χ0n) is 16.7. The van der Waals surface area contributed by atoms with Gasteiger partial charge in [-0.1, -0.05) is 31.2 Å². The highest BCUT2D eigenvalue weighted by Crippen LogP contribution is 2.24. The summed E-state index contributed by atoms with van der Waals surface area (Å²) in [6.45, 7) is 6.57. The van der Waals surface area contributed by atoms with Crippen molar-refractivity contribution in [3.8, 4) is 0 Å². The molecule has 1 N–H and O–H groups in total. The van der Waals surface area contributed by atoms with E-state index < -0.39 is 0 Å². The minimum atomic E-state index is -0.235. The number of piperidine rings is 1. The molecular weight excluding hydrogens is 371 g/mol. The molecule has 0 saturated carbocycles. The Bertz CT molecular complexity index is 763. The van der Waals surface area contributed by atoms with Gasteiger partial charge >= 0.3 is 0 Å². The number of carbonyl (C=O) groups is 1. The highest BCUT2D eigenvalue weighted by Gasteiger charge is 2.17. The lowest BCUT2D eigenvalue weighted by molar-refractivity contribution is -0.119. The van der Waals surface area contributed by atoms with Crippen LogP contribution in [0.3, 0.4) is 0 Å². The van der Waals surface area contributed by atoms with E-state index in [1.807, 2.05) is 6.92 Å². The fraction of sp³-hybridized carbons (Fsp3) is 0.435. The van der Waals surface area contributed by atoms with Crippen molar-refractivity contribution in [2.24, 2.45) is 5.92 Å². The molecule has 0 spiro atoms. The molecule has 1 saturated heterocycles. The van der Waals surface area contributed by atoms with E-state index in [9.17, 15) is 9.18 Å². The molecule has 2 aromatic carbocycles. The van der Waals surface area contributed by atoms with Crippen LogP contribution < -0.4 is 10.2 Å². The summed E-state index contributed by atoms with van der Waals surface area (Å²) < 4.78 is 12.9. The molecular formula is C23H29FN2OS. The van der Waals surface area contributed by atoms with E-state index in [1.54, 1.807) is 12.1 Å². The molecule has 1 aliphatic heterocycles. The number of hydrogen-bond donors (Lipinski definition) is 1. The molecule has 150 valence electrons. The predicted octanol–water partition coefficient (Wildman–Crippen LogP) is 5.17. The molecule has 0 aliphatic carbocycles. The Morgan fingerprint density at radius 2 is 1.93 bits per heavy atom. The molecule has 0 aromatic heterocycles. The van der Waals surface area contributed by atoms with E-state index in [0.29, 0.717) is 11.5 Å². The first-order valence-electron chi connectivity index (χ1n) is 9.97. The lowest BCUT2D eigenvalue weighted by Gasteiger charge is -2.33. The summed E-state index contributed by atoms with van der Waals surface area (Å²) in [7, 11) is 0. The van der Waals surface area contributed by atoms with Crippen molar-refractivity contribution in [1.82, 2.24) is 5.32 Å². The lowest BCUT2D eigenvalue weighted by atomic mass is 9.99. The summed E-state index contributed by atoms with van der Waals surface area (Å²) in [5.41, 5.74) is 3.41. The smallest absolute Gasteiger partial charge is 0.230 e. The van der Waals surface area contributed by atoms with E-state index >= 15 is 0 Å². The Kier molecular flexibility index (Phi) is 7.37. The SMILES string of the molecule is CC1CCCN(c2ccc(C(C)NC(=O)CSCc3ccc(F)cc3)cc2)C1. The van der Waals surface area contributed by atoms with E-state index in [4.69, 9.17) is 0 Å². The van der Waals surface area contributed by atoms with E-state index in [0.717, 1.165) is 30.1 Å². The van der Waals surface area contributed by atoms with Crippen LogP contribution in [0.25, 0.3) is 0 Å². The topological polar surface area (TPSA) is 32.3 Å². The number of anilines is 1. The normalized spacial score (nSPS) is 18.0. The van der Waals surface area contributed by atoms with Gasteiger partial charge in [0.1, 0.15) is 5.82 Å². The van der Waals surface area contributed by atoms with Crippen LogP contribution in [-0.2, 0) is 10.5 Å². The van der Waals surface area contributed by atoms with Gasteiger partial charge in [-0.3, -0.25) is 4.79 Å². The van der Waals surface area contributed by atoms with Crippen LogP contribution in [0.5, 0.6) is 0 Å². The van der Waals surface area contributed by atoms with Crippen LogP contribution in [0.1, 0.15) is 43.9 Å². The molecule has 5 heteroatoms. The summed E-state index contributed by atoms with van der Waals surface area (Å²) in [5.74, 6) is 1.63. The maximum atomic E-state index is 12.9. The standard InChI is InChI=1S/C23H29FN2OS/c1-17-4-3-13-26(14-17)22-11-7-20(8-12-22)18(2)25-23(27)16-28-15-19-5-9-21(24)10-6-19/h5-12,17-18H,3-4,13-16H2,1-2H3,(H,25,27). The molecule has 2 atom stereocenters. The second-order valence-corrected chi connectivity index (χ2v) is 8.68. The first-order chi connectivity index (χ1) is 13.5. The third-order valence-electron chi connectivity index (χ3n) is 5.21. The fourth-order valence-electron chi connectivity index (χ4n) is 3.61. The Balaban J connectivity index is 1.45. The molecule has 0 radical (unpaired) electrons. The first-order valence-corrected chi connectivity index (χ1v) is 11.1. The van der Waals surface area contributed by atoms with E-state index in [2.05, 4.69) is 41.4 Å².